The van der Waals surface area contributed by atoms with Gasteiger partial charge in [-0.1, -0.05) is 19.3 Å². The molecule has 2 aliphatic heterocycles. The first-order valence-corrected chi connectivity index (χ1v) is 10.3. The van der Waals surface area contributed by atoms with Crippen molar-refractivity contribution in [1.29, 1.82) is 0 Å². The second-order valence-electron chi connectivity index (χ2n) is 6.52. The fraction of sp³-hybridized carbons (Fsp3) is 1.00. The molecule has 3 atom stereocenters. The van der Waals surface area contributed by atoms with Crippen molar-refractivity contribution in [3.8, 4) is 0 Å². The third-order valence-corrected chi connectivity index (χ3v) is 8.12. The standard InChI is InChI=1S/C15H28N2OS2/c16-17-14(13-11-19-8-9-20-13)12-4-7-18-15(10-12)5-2-1-3-6-15/h12-14,17H,1-11,16H2. The summed E-state index contributed by atoms with van der Waals surface area (Å²) in [5.41, 5.74) is 3.37. The van der Waals surface area contributed by atoms with Crippen LogP contribution in [-0.2, 0) is 4.74 Å². The summed E-state index contributed by atoms with van der Waals surface area (Å²) in [6.07, 6.45) is 9.04. The molecular weight excluding hydrogens is 288 g/mol. The minimum Gasteiger partial charge on any atom is -0.375 e. The quantitative estimate of drug-likeness (QED) is 0.619. The van der Waals surface area contributed by atoms with Crippen molar-refractivity contribution >= 4 is 23.5 Å². The average Bonchev–Trinajstić information content (AvgIpc) is 2.50. The van der Waals surface area contributed by atoms with Gasteiger partial charge >= 0.3 is 0 Å². The maximum Gasteiger partial charge on any atom is 0.0685 e. The Labute approximate surface area is 131 Å². The minimum absolute atomic E-state index is 0.197. The number of hydrogen-bond donors (Lipinski definition) is 2. The summed E-state index contributed by atoms with van der Waals surface area (Å²) in [6, 6.07) is 0.468. The molecule has 3 fully saturated rings. The molecule has 3 aliphatic rings. The molecule has 2 heterocycles. The SMILES string of the molecule is NNC(C1CCOC2(CCCCC2)C1)C1CSCCS1. The van der Waals surface area contributed by atoms with E-state index in [4.69, 9.17) is 10.6 Å². The predicted molar refractivity (Wildman–Crippen MR) is 89.2 cm³/mol. The summed E-state index contributed by atoms with van der Waals surface area (Å²) in [5.74, 6) is 10.5. The highest BCUT2D eigenvalue weighted by Gasteiger charge is 2.42. The molecular formula is C15H28N2OS2. The van der Waals surface area contributed by atoms with Crippen LogP contribution in [0.15, 0.2) is 0 Å². The molecule has 0 aromatic carbocycles. The molecule has 1 saturated carbocycles. The van der Waals surface area contributed by atoms with Gasteiger partial charge in [0.1, 0.15) is 0 Å². The molecule has 0 radical (unpaired) electrons. The van der Waals surface area contributed by atoms with Crippen molar-refractivity contribution < 1.29 is 4.74 Å². The van der Waals surface area contributed by atoms with Crippen molar-refractivity contribution in [1.82, 2.24) is 5.43 Å². The van der Waals surface area contributed by atoms with E-state index in [1.54, 1.807) is 0 Å². The number of nitrogens with two attached hydrogens (primary N) is 1. The summed E-state index contributed by atoms with van der Waals surface area (Å²) in [4.78, 5) is 0. The smallest absolute Gasteiger partial charge is 0.0685 e. The van der Waals surface area contributed by atoms with Gasteiger partial charge in [0.2, 0.25) is 0 Å². The maximum atomic E-state index is 6.24. The topological polar surface area (TPSA) is 47.3 Å². The Balaban J connectivity index is 1.64. The van der Waals surface area contributed by atoms with Crippen molar-refractivity contribution in [3.63, 3.8) is 0 Å². The molecule has 2 saturated heterocycles. The van der Waals surface area contributed by atoms with Crippen molar-refractivity contribution in [2.24, 2.45) is 11.8 Å². The molecule has 3 N–H and O–H groups in total. The van der Waals surface area contributed by atoms with E-state index in [1.807, 2.05) is 0 Å². The largest absolute Gasteiger partial charge is 0.375 e. The molecule has 3 rings (SSSR count). The third-order valence-electron chi connectivity index (χ3n) is 5.24. The number of rotatable bonds is 3. The van der Waals surface area contributed by atoms with Gasteiger partial charge in [-0.2, -0.15) is 23.5 Å². The molecule has 20 heavy (non-hydrogen) atoms. The van der Waals surface area contributed by atoms with E-state index in [0.29, 0.717) is 17.2 Å². The van der Waals surface area contributed by atoms with Crippen LogP contribution in [0.2, 0.25) is 0 Å². The van der Waals surface area contributed by atoms with E-state index in [0.717, 1.165) is 6.61 Å². The molecule has 5 heteroatoms. The zero-order valence-electron chi connectivity index (χ0n) is 12.3. The molecule has 0 aromatic heterocycles. The van der Waals surface area contributed by atoms with Crippen LogP contribution in [0.5, 0.6) is 0 Å². The average molecular weight is 317 g/mol. The van der Waals surface area contributed by atoms with Crippen LogP contribution in [0, 0.1) is 5.92 Å². The van der Waals surface area contributed by atoms with Gasteiger partial charge in [-0.25, -0.2) is 0 Å². The number of hydrazine groups is 1. The van der Waals surface area contributed by atoms with Crippen molar-refractivity contribution in [3.05, 3.63) is 0 Å². The van der Waals surface area contributed by atoms with Gasteiger partial charge in [-0.15, -0.1) is 0 Å². The lowest BCUT2D eigenvalue weighted by molar-refractivity contribution is -0.121. The van der Waals surface area contributed by atoms with Gasteiger partial charge in [-0.05, 0) is 31.6 Å². The van der Waals surface area contributed by atoms with Gasteiger partial charge in [0, 0.05) is 35.2 Å². The van der Waals surface area contributed by atoms with E-state index in [1.165, 1.54) is 62.2 Å². The Morgan fingerprint density at radius 2 is 2.05 bits per heavy atom. The summed E-state index contributed by atoms with van der Waals surface area (Å²) < 4.78 is 6.24. The van der Waals surface area contributed by atoms with Gasteiger partial charge in [-0.3, -0.25) is 11.3 Å². The molecule has 3 unspecified atom stereocenters. The zero-order chi connectivity index (χ0) is 13.8. The molecule has 0 amide bonds. The number of ether oxygens (including phenoxy) is 1. The minimum atomic E-state index is 0.197. The second-order valence-corrected chi connectivity index (χ2v) is 9.02. The van der Waals surface area contributed by atoms with E-state index in [2.05, 4.69) is 28.9 Å². The van der Waals surface area contributed by atoms with Gasteiger partial charge in [0.15, 0.2) is 0 Å². The molecule has 3 nitrogen and oxygen atoms in total. The molecule has 1 aliphatic carbocycles. The first-order chi connectivity index (χ1) is 9.83. The lowest BCUT2D eigenvalue weighted by Crippen LogP contribution is -2.54. The lowest BCUT2D eigenvalue weighted by Gasteiger charge is -2.47. The van der Waals surface area contributed by atoms with Crippen LogP contribution in [-0.4, -0.2) is 40.8 Å². The summed E-state index contributed by atoms with van der Waals surface area (Å²) in [5, 5.41) is 0.683. The van der Waals surface area contributed by atoms with Crippen LogP contribution >= 0.6 is 23.5 Å². The second kappa shape index (κ2) is 7.23. The monoisotopic (exact) mass is 316 g/mol. The zero-order valence-corrected chi connectivity index (χ0v) is 13.9. The molecule has 1 spiro atoms. The van der Waals surface area contributed by atoms with E-state index in [9.17, 15) is 0 Å². The Kier molecular flexibility index (Phi) is 5.59. The van der Waals surface area contributed by atoms with Crippen LogP contribution < -0.4 is 11.3 Å². The van der Waals surface area contributed by atoms with Gasteiger partial charge < -0.3 is 4.74 Å². The fourth-order valence-electron chi connectivity index (χ4n) is 4.18. The maximum absolute atomic E-state index is 6.24. The highest BCUT2D eigenvalue weighted by atomic mass is 32.2. The van der Waals surface area contributed by atoms with Crippen LogP contribution in [0.4, 0.5) is 0 Å². The Bertz CT molecular complexity index is 299. The van der Waals surface area contributed by atoms with Crippen molar-refractivity contribution in [2.45, 2.75) is 61.8 Å². The van der Waals surface area contributed by atoms with Gasteiger partial charge in [0.05, 0.1) is 5.60 Å². The predicted octanol–water partition coefficient (Wildman–Crippen LogP) is 2.80. The fourth-order valence-corrected chi connectivity index (χ4v) is 7.12. The van der Waals surface area contributed by atoms with Crippen LogP contribution in [0.1, 0.15) is 44.9 Å². The number of thioether (sulfide) groups is 2. The molecule has 0 aromatic rings. The van der Waals surface area contributed by atoms with Gasteiger partial charge in [0.25, 0.3) is 0 Å². The molecule has 116 valence electrons. The number of nitrogens with one attached hydrogen (secondary N) is 1. The Morgan fingerprint density at radius 1 is 1.20 bits per heavy atom. The first-order valence-electron chi connectivity index (χ1n) is 8.12. The highest BCUT2D eigenvalue weighted by molar-refractivity contribution is 8.06. The third kappa shape index (κ3) is 3.49. The highest BCUT2D eigenvalue weighted by Crippen LogP contribution is 2.43. The Morgan fingerprint density at radius 3 is 2.75 bits per heavy atom. The normalized spacial score (nSPS) is 35.9. The number of hydrogen-bond acceptors (Lipinski definition) is 5. The summed E-state index contributed by atoms with van der Waals surface area (Å²) in [7, 11) is 0. The van der Waals surface area contributed by atoms with Crippen molar-refractivity contribution in [2.75, 3.05) is 23.9 Å². The summed E-state index contributed by atoms with van der Waals surface area (Å²) >= 11 is 4.21. The lowest BCUT2D eigenvalue weighted by atomic mass is 9.74. The summed E-state index contributed by atoms with van der Waals surface area (Å²) in [6.45, 7) is 0.938. The van der Waals surface area contributed by atoms with E-state index < -0.39 is 0 Å². The van der Waals surface area contributed by atoms with Crippen LogP contribution in [0.3, 0.4) is 0 Å². The van der Waals surface area contributed by atoms with E-state index >= 15 is 0 Å². The molecule has 0 bridgehead atoms. The van der Waals surface area contributed by atoms with Crippen LogP contribution in [0.25, 0.3) is 0 Å². The Hall–Kier alpha value is 0.580. The first kappa shape index (κ1) is 15.5. The van der Waals surface area contributed by atoms with E-state index in [-0.39, 0.29) is 5.60 Å².